The third-order valence-electron chi connectivity index (χ3n) is 2.61. The summed E-state index contributed by atoms with van der Waals surface area (Å²) in [7, 11) is 3.48. The van der Waals surface area contributed by atoms with Crippen LogP contribution < -0.4 is 21.8 Å². The molecule has 0 amide bonds. The van der Waals surface area contributed by atoms with Gasteiger partial charge in [0.25, 0.3) is 5.56 Å². The quantitative estimate of drug-likeness (QED) is 0.469. The minimum Gasteiger partial charge on any atom is -0.316 e. The van der Waals surface area contributed by atoms with Crippen LogP contribution >= 0.6 is 15.9 Å². The molecule has 0 spiro atoms. The fourth-order valence-electron chi connectivity index (χ4n) is 1.65. The molecule has 110 valence electrons. The molecule has 20 heavy (non-hydrogen) atoms. The highest BCUT2D eigenvalue weighted by Gasteiger charge is 2.09. The number of rotatable bonds is 8. The zero-order chi connectivity index (χ0) is 15.0. The first kappa shape index (κ1) is 16.7. The number of aromatic nitrogens is 1. The van der Waals surface area contributed by atoms with Crippen LogP contribution in [0.3, 0.4) is 0 Å². The molecule has 0 unspecified atom stereocenters. The van der Waals surface area contributed by atoms with E-state index in [-0.39, 0.29) is 5.56 Å². The van der Waals surface area contributed by atoms with Crippen LogP contribution in [0.2, 0.25) is 0 Å². The molecule has 0 aliphatic rings. The van der Waals surface area contributed by atoms with Crippen LogP contribution in [0.25, 0.3) is 0 Å². The zero-order valence-electron chi connectivity index (χ0n) is 11.6. The molecule has 1 rings (SSSR count). The predicted octanol–water partition coefficient (Wildman–Crippen LogP) is 0.414. The molecule has 0 fully saturated rings. The summed E-state index contributed by atoms with van der Waals surface area (Å²) in [5, 5.41) is 10.5. The summed E-state index contributed by atoms with van der Waals surface area (Å²) < 4.78 is 2.32. The number of nitriles is 1. The first-order valence-corrected chi connectivity index (χ1v) is 7.02. The van der Waals surface area contributed by atoms with Crippen LogP contribution in [0, 0.1) is 11.3 Å². The highest BCUT2D eigenvalue weighted by atomic mass is 79.9. The van der Waals surface area contributed by atoms with E-state index in [9.17, 15) is 4.79 Å². The molecule has 1 aromatic heterocycles. The largest absolute Gasteiger partial charge is 0.316 e. The van der Waals surface area contributed by atoms with Gasteiger partial charge in [-0.1, -0.05) is 0 Å². The molecule has 0 aromatic carbocycles. The lowest BCUT2D eigenvalue weighted by molar-refractivity contribution is 0.327. The fourth-order valence-corrected chi connectivity index (χ4v) is 2.18. The lowest BCUT2D eigenvalue weighted by Gasteiger charge is -2.23. The van der Waals surface area contributed by atoms with Crippen LogP contribution in [0.5, 0.6) is 0 Å². The van der Waals surface area contributed by atoms with Gasteiger partial charge in [0.1, 0.15) is 5.69 Å². The highest BCUT2D eigenvalue weighted by molar-refractivity contribution is 9.10. The number of anilines is 1. The van der Waals surface area contributed by atoms with E-state index in [2.05, 4.69) is 38.3 Å². The van der Waals surface area contributed by atoms with Crippen LogP contribution in [-0.2, 0) is 7.05 Å². The minimum atomic E-state index is -0.114. The SMILES string of the molecule is CNNCCN(CCC#N)Nc1cc(Br)cn(C)c1=O. The number of halogens is 1. The lowest BCUT2D eigenvalue weighted by Crippen LogP contribution is -2.41. The van der Waals surface area contributed by atoms with Gasteiger partial charge in [-0.15, -0.1) is 0 Å². The van der Waals surface area contributed by atoms with Crippen molar-refractivity contribution >= 4 is 21.6 Å². The maximum Gasteiger partial charge on any atom is 0.275 e. The smallest absolute Gasteiger partial charge is 0.275 e. The number of hydrogen-bond donors (Lipinski definition) is 3. The molecular formula is C12H19BrN6O. The van der Waals surface area contributed by atoms with Gasteiger partial charge in [-0.05, 0) is 29.0 Å². The predicted molar refractivity (Wildman–Crippen MR) is 81.9 cm³/mol. The first-order valence-electron chi connectivity index (χ1n) is 6.22. The van der Waals surface area contributed by atoms with Gasteiger partial charge in [-0.3, -0.25) is 15.6 Å². The van der Waals surface area contributed by atoms with Crippen LogP contribution in [-0.4, -0.2) is 36.3 Å². The highest BCUT2D eigenvalue weighted by Crippen LogP contribution is 2.12. The normalized spacial score (nSPS) is 10.6. The van der Waals surface area contributed by atoms with Crippen molar-refractivity contribution in [3.05, 3.63) is 27.1 Å². The Morgan fingerprint density at radius 3 is 2.90 bits per heavy atom. The topological polar surface area (TPSA) is 85.1 Å². The third-order valence-corrected chi connectivity index (χ3v) is 3.04. The van der Waals surface area contributed by atoms with Gasteiger partial charge < -0.3 is 9.99 Å². The van der Waals surface area contributed by atoms with Gasteiger partial charge in [0.05, 0.1) is 6.07 Å². The Balaban J connectivity index is 2.78. The number of nitrogens with zero attached hydrogens (tertiary/aromatic N) is 3. The fraction of sp³-hybridized carbons (Fsp3) is 0.500. The molecule has 1 aromatic rings. The summed E-state index contributed by atoms with van der Waals surface area (Å²) in [5.41, 5.74) is 9.24. The van der Waals surface area contributed by atoms with Gasteiger partial charge in [0.15, 0.2) is 0 Å². The molecule has 0 saturated heterocycles. The monoisotopic (exact) mass is 342 g/mol. The van der Waals surface area contributed by atoms with E-state index in [4.69, 9.17) is 5.26 Å². The van der Waals surface area contributed by atoms with E-state index in [0.29, 0.717) is 31.7 Å². The number of aryl methyl sites for hydroxylation is 1. The van der Waals surface area contributed by atoms with Crippen molar-refractivity contribution in [1.82, 2.24) is 20.4 Å². The second kappa shape index (κ2) is 8.71. The van der Waals surface area contributed by atoms with Crippen LogP contribution in [0.4, 0.5) is 5.69 Å². The second-order valence-electron chi connectivity index (χ2n) is 4.17. The average molecular weight is 343 g/mol. The van der Waals surface area contributed by atoms with E-state index in [1.807, 2.05) is 5.01 Å². The van der Waals surface area contributed by atoms with Crippen molar-refractivity contribution in [2.75, 3.05) is 32.1 Å². The number of hydrogen-bond acceptors (Lipinski definition) is 6. The van der Waals surface area contributed by atoms with E-state index in [1.54, 1.807) is 26.4 Å². The Bertz CT molecular complexity index is 524. The summed E-state index contributed by atoms with van der Waals surface area (Å²) in [6.07, 6.45) is 2.09. The molecule has 0 bridgehead atoms. The summed E-state index contributed by atoms with van der Waals surface area (Å²) in [6.45, 7) is 1.87. The Labute approximate surface area is 126 Å². The molecule has 1 heterocycles. The molecule has 0 saturated carbocycles. The summed E-state index contributed by atoms with van der Waals surface area (Å²) in [5.74, 6) is 0. The second-order valence-corrected chi connectivity index (χ2v) is 5.09. The zero-order valence-corrected chi connectivity index (χ0v) is 13.2. The van der Waals surface area contributed by atoms with Crippen molar-refractivity contribution in [3.63, 3.8) is 0 Å². The third kappa shape index (κ3) is 5.30. The Kier molecular flexibility index (Phi) is 7.25. The standard InChI is InChI=1S/C12H19BrN6O/c1-15-16-5-7-19(6-3-4-14)17-11-8-10(13)9-18(2)12(11)20/h8-9,15-17H,3,5-7H2,1-2H3. The first-order chi connectivity index (χ1) is 9.58. The van der Waals surface area contributed by atoms with Gasteiger partial charge in [0.2, 0.25) is 0 Å². The van der Waals surface area contributed by atoms with E-state index >= 15 is 0 Å². The van der Waals surface area contributed by atoms with Crippen molar-refractivity contribution in [1.29, 1.82) is 5.26 Å². The van der Waals surface area contributed by atoms with Gasteiger partial charge in [-0.2, -0.15) is 5.26 Å². The van der Waals surface area contributed by atoms with Crippen molar-refractivity contribution < 1.29 is 0 Å². The van der Waals surface area contributed by atoms with E-state index in [1.165, 1.54) is 4.57 Å². The van der Waals surface area contributed by atoms with Gasteiger partial charge in [0, 0.05) is 43.8 Å². The van der Waals surface area contributed by atoms with Crippen LogP contribution in [0.1, 0.15) is 6.42 Å². The molecule has 0 atom stereocenters. The van der Waals surface area contributed by atoms with Gasteiger partial charge in [-0.25, -0.2) is 5.01 Å². The minimum absolute atomic E-state index is 0.114. The molecule has 0 radical (unpaired) electrons. The number of nitrogens with one attached hydrogen (secondary N) is 3. The summed E-state index contributed by atoms with van der Waals surface area (Å²) >= 11 is 3.36. The van der Waals surface area contributed by atoms with Crippen molar-refractivity contribution in [3.8, 4) is 6.07 Å². The Morgan fingerprint density at radius 1 is 1.50 bits per heavy atom. The summed E-state index contributed by atoms with van der Waals surface area (Å²) in [6, 6.07) is 3.83. The maximum atomic E-state index is 12.0. The van der Waals surface area contributed by atoms with Crippen LogP contribution in [0.15, 0.2) is 21.5 Å². The average Bonchev–Trinajstić information content (AvgIpc) is 2.41. The van der Waals surface area contributed by atoms with Crippen molar-refractivity contribution in [2.45, 2.75) is 6.42 Å². The molecule has 0 aliphatic carbocycles. The van der Waals surface area contributed by atoms with Gasteiger partial charge >= 0.3 is 0 Å². The number of hydrazine groups is 2. The Hall–Kier alpha value is -1.40. The number of pyridine rings is 1. The lowest BCUT2D eigenvalue weighted by atomic mass is 10.4. The maximum absolute atomic E-state index is 12.0. The summed E-state index contributed by atoms with van der Waals surface area (Å²) in [4.78, 5) is 12.0. The Morgan fingerprint density at radius 2 is 2.25 bits per heavy atom. The molecule has 7 nitrogen and oxygen atoms in total. The molecule has 8 heteroatoms. The molecule has 3 N–H and O–H groups in total. The molecule has 0 aliphatic heterocycles. The van der Waals surface area contributed by atoms with E-state index < -0.39 is 0 Å². The van der Waals surface area contributed by atoms with E-state index in [0.717, 1.165) is 4.47 Å². The van der Waals surface area contributed by atoms with Crippen molar-refractivity contribution in [2.24, 2.45) is 7.05 Å². The molecular weight excluding hydrogens is 324 g/mol.